The van der Waals surface area contributed by atoms with Crippen molar-refractivity contribution < 1.29 is 14.7 Å². The molecule has 0 saturated carbocycles. The van der Waals surface area contributed by atoms with Crippen molar-refractivity contribution in [2.45, 2.75) is 6.92 Å². The molecular weight excluding hydrogens is 230 g/mol. The molecule has 0 atom stereocenters. The Morgan fingerprint density at radius 1 is 1.29 bits per heavy atom. The topological polar surface area (TPSA) is 108 Å². The van der Waals surface area contributed by atoms with Crippen LogP contribution in [-0.2, 0) is 4.84 Å². The van der Waals surface area contributed by atoms with Gasteiger partial charge in [-0.05, 0) is 6.92 Å². The highest BCUT2D eigenvalue weighted by molar-refractivity contribution is 6.02. The summed E-state index contributed by atoms with van der Waals surface area (Å²) in [6.07, 6.45) is 0. The Bertz CT molecular complexity index is 497. The Hall–Kier alpha value is -2.51. The van der Waals surface area contributed by atoms with Crippen LogP contribution >= 0.6 is 0 Å². The van der Waals surface area contributed by atoms with Gasteiger partial charge in [-0.25, -0.2) is 0 Å². The van der Waals surface area contributed by atoms with Gasteiger partial charge in [0, 0.05) is 18.2 Å². The van der Waals surface area contributed by atoms with Crippen LogP contribution < -0.4 is 0 Å². The van der Waals surface area contributed by atoms with Crippen LogP contribution in [0.3, 0.4) is 0 Å². The van der Waals surface area contributed by atoms with E-state index in [9.17, 15) is 20.2 Å². The van der Waals surface area contributed by atoms with Gasteiger partial charge in [-0.3, -0.25) is 20.2 Å². The number of hydrogen-bond donors (Lipinski definition) is 0. The van der Waals surface area contributed by atoms with Crippen LogP contribution in [0.15, 0.2) is 23.4 Å². The Morgan fingerprint density at radius 3 is 2.41 bits per heavy atom. The maximum absolute atomic E-state index is 10.8. The first-order chi connectivity index (χ1) is 7.97. The smallest absolute Gasteiger partial charge is 0.279 e. The lowest BCUT2D eigenvalue weighted by atomic mass is 10.1. The molecule has 8 heteroatoms. The first-order valence-electron chi connectivity index (χ1n) is 4.48. The number of non-ortho nitro benzene ring substituents is 1. The number of rotatable bonds is 4. The molecule has 0 saturated heterocycles. The molecule has 8 nitrogen and oxygen atoms in total. The maximum Gasteiger partial charge on any atom is 0.279 e. The number of benzene rings is 1. The zero-order valence-electron chi connectivity index (χ0n) is 9.11. The van der Waals surface area contributed by atoms with Gasteiger partial charge in [0.15, 0.2) is 0 Å². The summed E-state index contributed by atoms with van der Waals surface area (Å²) in [5.41, 5.74) is -0.237. The summed E-state index contributed by atoms with van der Waals surface area (Å²) >= 11 is 0. The molecule has 0 radical (unpaired) electrons. The van der Waals surface area contributed by atoms with E-state index in [4.69, 9.17) is 0 Å². The molecule has 90 valence electrons. The quantitative estimate of drug-likeness (QED) is 0.452. The van der Waals surface area contributed by atoms with Crippen LogP contribution in [0, 0.1) is 20.2 Å². The molecule has 0 aliphatic rings. The van der Waals surface area contributed by atoms with Crippen molar-refractivity contribution in [1.82, 2.24) is 0 Å². The van der Waals surface area contributed by atoms with Gasteiger partial charge in [0.2, 0.25) is 0 Å². The van der Waals surface area contributed by atoms with E-state index in [1.54, 1.807) is 0 Å². The molecular formula is C9H9N3O5. The monoisotopic (exact) mass is 239 g/mol. The lowest BCUT2D eigenvalue weighted by Crippen LogP contribution is -2.03. The number of hydrogen-bond acceptors (Lipinski definition) is 6. The molecule has 1 aromatic rings. The van der Waals surface area contributed by atoms with Crippen LogP contribution in [-0.4, -0.2) is 22.7 Å². The molecule has 0 spiro atoms. The van der Waals surface area contributed by atoms with E-state index in [0.717, 1.165) is 18.2 Å². The van der Waals surface area contributed by atoms with Gasteiger partial charge >= 0.3 is 0 Å². The molecule has 17 heavy (non-hydrogen) atoms. The summed E-state index contributed by atoms with van der Waals surface area (Å²) in [5, 5.41) is 24.9. The van der Waals surface area contributed by atoms with E-state index in [1.807, 2.05) is 0 Å². The largest absolute Gasteiger partial charge is 0.399 e. The highest BCUT2D eigenvalue weighted by Gasteiger charge is 2.20. The van der Waals surface area contributed by atoms with Crippen molar-refractivity contribution in [2.24, 2.45) is 5.16 Å². The average molecular weight is 239 g/mol. The van der Waals surface area contributed by atoms with Gasteiger partial charge in [0.05, 0.1) is 21.1 Å². The fourth-order valence-corrected chi connectivity index (χ4v) is 1.27. The third-order valence-corrected chi connectivity index (χ3v) is 2.01. The lowest BCUT2D eigenvalue weighted by molar-refractivity contribution is -0.389. The summed E-state index contributed by atoms with van der Waals surface area (Å²) in [6, 6.07) is 3.24. The second-order valence-electron chi connectivity index (χ2n) is 3.07. The first kappa shape index (κ1) is 12.6. The summed E-state index contributed by atoms with van der Waals surface area (Å²) in [4.78, 5) is 24.6. The average Bonchev–Trinajstić information content (AvgIpc) is 2.28. The minimum Gasteiger partial charge on any atom is -0.399 e. The van der Waals surface area contributed by atoms with Crippen LogP contribution in [0.4, 0.5) is 11.4 Å². The molecule has 0 heterocycles. The van der Waals surface area contributed by atoms with Crippen LogP contribution in [0.25, 0.3) is 0 Å². The number of oxime groups is 1. The second kappa shape index (κ2) is 5.01. The minimum atomic E-state index is -0.632. The summed E-state index contributed by atoms with van der Waals surface area (Å²) < 4.78 is 0. The number of nitro groups is 2. The summed E-state index contributed by atoms with van der Waals surface area (Å²) in [6.45, 7) is 1.47. The van der Waals surface area contributed by atoms with Crippen molar-refractivity contribution in [1.29, 1.82) is 0 Å². The van der Waals surface area contributed by atoms with Gasteiger partial charge < -0.3 is 4.84 Å². The van der Waals surface area contributed by atoms with E-state index < -0.39 is 9.85 Å². The van der Waals surface area contributed by atoms with E-state index in [0.29, 0.717) is 0 Å². The molecule has 0 N–H and O–H groups in total. The highest BCUT2D eigenvalue weighted by atomic mass is 16.6. The molecule has 1 rings (SSSR count). The molecule has 1 aromatic carbocycles. The van der Waals surface area contributed by atoms with E-state index in [1.165, 1.54) is 14.0 Å². The third kappa shape index (κ3) is 2.74. The van der Waals surface area contributed by atoms with E-state index >= 15 is 0 Å². The second-order valence-corrected chi connectivity index (χ2v) is 3.07. The van der Waals surface area contributed by atoms with Gasteiger partial charge in [-0.2, -0.15) is 0 Å². The Balaban J connectivity index is 3.40. The fraction of sp³-hybridized carbons (Fsp3) is 0.222. The zero-order chi connectivity index (χ0) is 13.0. The SMILES string of the molecule is CO/N=C(/C)c1cc([N+](=O)[O-])ccc1[N+](=O)[O-]. The van der Waals surface area contributed by atoms with Crippen molar-refractivity contribution in [3.05, 3.63) is 44.0 Å². The zero-order valence-corrected chi connectivity index (χ0v) is 9.11. The van der Waals surface area contributed by atoms with Gasteiger partial charge in [-0.1, -0.05) is 5.16 Å². The predicted octanol–water partition coefficient (Wildman–Crippen LogP) is 1.87. The van der Waals surface area contributed by atoms with Gasteiger partial charge in [0.25, 0.3) is 11.4 Å². The standard InChI is InChI=1S/C9H9N3O5/c1-6(10-17-2)8-5-7(11(13)14)3-4-9(8)12(15)16/h3-5H,1-2H3/b10-6-. The van der Waals surface area contributed by atoms with E-state index in [2.05, 4.69) is 9.99 Å². The minimum absolute atomic E-state index is 0.0612. The Kier molecular flexibility index (Phi) is 3.70. The van der Waals surface area contributed by atoms with Crippen molar-refractivity contribution in [3.63, 3.8) is 0 Å². The summed E-state index contributed by atoms with van der Waals surface area (Å²) in [5.74, 6) is 0. The predicted molar refractivity (Wildman–Crippen MR) is 59.0 cm³/mol. The van der Waals surface area contributed by atoms with Gasteiger partial charge in [-0.15, -0.1) is 0 Å². The molecule has 0 unspecified atom stereocenters. The lowest BCUT2D eigenvalue weighted by Gasteiger charge is -2.01. The third-order valence-electron chi connectivity index (χ3n) is 2.01. The highest BCUT2D eigenvalue weighted by Crippen LogP contribution is 2.24. The molecule has 0 amide bonds. The first-order valence-corrected chi connectivity index (χ1v) is 4.48. The maximum atomic E-state index is 10.8. The number of nitrogens with zero attached hydrogens (tertiary/aromatic N) is 3. The van der Waals surface area contributed by atoms with Crippen molar-refractivity contribution in [3.8, 4) is 0 Å². The summed E-state index contributed by atoms with van der Waals surface area (Å²) in [7, 11) is 1.28. The molecule has 0 aliphatic carbocycles. The molecule has 0 fully saturated rings. The molecule has 0 aliphatic heterocycles. The molecule has 0 aromatic heterocycles. The van der Waals surface area contributed by atoms with Gasteiger partial charge in [0.1, 0.15) is 7.11 Å². The Morgan fingerprint density at radius 2 is 1.94 bits per heavy atom. The fourth-order valence-electron chi connectivity index (χ4n) is 1.27. The number of nitro benzene ring substituents is 2. The Labute approximate surface area is 95.8 Å². The molecule has 0 bridgehead atoms. The van der Waals surface area contributed by atoms with Crippen LogP contribution in [0.2, 0.25) is 0 Å². The van der Waals surface area contributed by atoms with Crippen molar-refractivity contribution in [2.75, 3.05) is 7.11 Å². The normalized spacial score (nSPS) is 11.1. The van der Waals surface area contributed by atoms with E-state index in [-0.39, 0.29) is 22.6 Å². The van der Waals surface area contributed by atoms with Crippen molar-refractivity contribution >= 4 is 17.1 Å². The van der Waals surface area contributed by atoms with Crippen LogP contribution in [0.1, 0.15) is 12.5 Å². The van der Waals surface area contributed by atoms with Crippen LogP contribution in [0.5, 0.6) is 0 Å².